The molecule has 3 atom stereocenters. The number of imide groups is 1. The highest BCUT2D eigenvalue weighted by molar-refractivity contribution is 6.05. The first-order valence-electron chi connectivity index (χ1n) is 9.76. The molecule has 3 N–H and O–H groups in total. The van der Waals surface area contributed by atoms with Crippen LogP contribution in [0, 0.1) is 0 Å². The van der Waals surface area contributed by atoms with Gasteiger partial charge in [0.2, 0.25) is 11.8 Å². The van der Waals surface area contributed by atoms with Gasteiger partial charge in [-0.3, -0.25) is 19.7 Å². The van der Waals surface area contributed by atoms with Gasteiger partial charge in [0.25, 0.3) is 5.91 Å². The summed E-state index contributed by atoms with van der Waals surface area (Å²) in [6.07, 6.45) is 3.08. The third-order valence-corrected chi connectivity index (χ3v) is 5.92. The Morgan fingerprint density at radius 3 is 2.85 bits per heavy atom. The molecule has 7 heteroatoms. The lowest BCUT2D eigenvalue weighted by Crippen LogP contribution is -2.52. The minimum atomic E-state index is -0.558. The van der Waals surface area contributed by atoms with Gasteiger partial charge in [0.1, 0.15) is 6.04 Å². The molecule has 2 unspecified atom stereocenters. The van der Waals surface area contributed by atoms with Crippen molar-refractivity contribution in [3.05, 3.63) is 34.9 Å². The fourth-order valence-corrected chi connectivity index (χ4v) is 4.27. The van der Waals surface area contributed by atoms with E-state index in [1.807, 2.05) is 18.2 Å². The summed E-state index contributed by atoms with van der Waals surface area (Å²) >= 11 is 0. The first kappa shape index (κ1) is 18.1. The monoisotopic (exact) mass is 370 g/mol. The maximum absolute atomic E-state index is 12.9. The Morgan fingerprint density at radius 2 is 2.11 bits per heavy atom. The smallest absolute Gasteiger partial charge is 0.255 e. The van der Waals surface area contributed by atoms with Gasteiger partial charge in [0, 0.05) is 37.2 Å². The fourth-order valence-electron chi connectivity index (χ4n) is 4.27. The molecule has 7 nitrogen and oxygen atoms in total. The predicted molar refractivity (Wildman–Crippen MR) is 99.8 cm³/mol. The lowest BCUT2D eigenvalue weighted by atomic mass is 10.0. The Morgan fingerprint density at radius 1 is 1.26 bits per heavy atom. The number of fused-ring (bicyclic) bond motifs is 1. The average Bonchev–Trinajstić information content (AvgIpc) is 3.29. The Hall–Kier alpha value is -2.25. The highest BCUT2D eigenvalue weighted by Gasteiger charge is 2.39. The molecule has 0 aliphatic carbocycles. The molecule has 27 heavy (non-hydrogen) atoms. The second-order valence-corrected chi connectivity index (χ2v) is 7.76. The topological polar surface area (TPSA) is 90.5 Å². The Labute approximate surface area is 158 Å². The van der Waals surface area contributed by atoms with Crippen LogP contribution in [0.1, 0.15) is 54.1 Å². The van der Waals surface area contributed by atoms with Gasteiger partial charge >= 0.3 is 0 Å². The van der Waals surface area contributed by atoms with Gasteiger partial charge < -0.3 is 15.5 Å². The molecule has 2 saturated heterocycles. The maximum Gasteiger partial charge on any atom is 0.255 e. The maximum atomic E-state index is 12.9. The van der Waals surface area contributed by atoms with E-state index in [9.17, 15) is 14.4 Å². The number of hydrogen-bond acceptors (Lipinski definition) is 5. The summed E-state index contributed by atoms with van der Waals surface area (Å²) in [5.74, 6) is -0.751. The van der Waals surface area contributed by atoms with Crippen molar-refractivity contribution in [2.45, 2.75) is 63.8 Å². The zero-order chi connectivity index (χ0) is 19.0. The second-order valence-electron chi connectivity index (χ2n) is 7.76. The number of nitrogens with zero attached hydrogens (tertiary/aromatic N) is 1. The molecule has 3 amide bonds. The average molecular weight is 370 g/mol. The van der Waals surface area contributed by atoms with Gasteiger partial charge in [0.05, 0.1) is 0 Å². The number of carbonyl (C=O) groups is 3. The van der Waals surface area contributed by atoms with E-state index in [0.29, 0.717) is 37.2 Å². The van der Waals surface area contributed by atoms with Crippen LogP contribution in [0.25, 0.3) is 0 Å². The summed E-state index contributed by atoms with van der Waals surface area (Å²) in [6.45, 7) is 4.40. The summed E-state index contributed by atoms with van der Waals surface area (Å²) in [4.78, 5) is 37.9. The number of benzene rings is 1. The van der Waals surface area contributed by atoms with E-state index in [2.05, 4.69) is 22.9 Å². The largest absolute Gasteiger partial charge is 0.322 e. The zero-order valence-electron chi connectivity index (χ0n) is 15.6. The molecule has 0 spiro atoms. The van der Waals surface area contributed by atoms with Crippen LogP contribution < -0.4 is 16.0 Å². The standard InChI is InChI=1S/C20H26N4O3/c1-12(16-3-2-8-21-16)22-10-13-4-5-14-11-24(20(27)15(14)9-13)17-6-7-18(25)23-19(17)26/h4-5,9,12,16-17,21-22H,2-3,6-8,10-11H2,1H3,(H,23,25,26)/t12?,16-,17?/m0/s1. The van der Waals surface area contributed by atoms with Crippen molar-refractivity contribution < 1.29 is 14.4 Å². The van der Waals surface area contributed by atoms with Crippen molar-refractivity contribution in [3.8, 4) is 0 Å². The first-order valence-corrected chi connectivity index (χ1v) is 9.76. The molecule has 2 fully saturated rings. The normalized spacial score (nSPS) is 26.3. The van der Waals surface area contributed by atoms with Crippen LogP contribution in [0.3, 0.4) is 0 Å². The van der Waals surface area contributed by atoms with Crippen LogP contribution in [-0.4, -0.2) is 47.3 Å². The predicted octanol–water partition coefficient (Wildman–Crippen LogP) is 0.678. The number of piperidine rings is 1. The third kappa shape index (κ3) is 3.61. The van der Waals surface area contributed by atoms with E-state index in [4.69, 9.17) is 0 Å². The van der Waals surface area contributed by atoms with Crippen molar-refractivity contribution >= 4 is 17.7 Å². The van der Waals surface area contributed by atoms with E-state index in [1.165, 1.54) is 12.8 Å². The van der Waals surface area contributed by atoms with Crippen molar-refractivity contribution in [2.75, 3.05) is 6.54 Å². The molecule has 0 saturated carbocycles. The van der Waals surface area contributed by atoms with E-state index >= 15 is 0 Å². The van der Waals surface area contributed by atoms with Crippen molar-refractivity contribution in [3.63, 3.8) is 0 Å². The van der Waals surface area contributed by atoms with Crippen molar-refractivity contribution in [1.29, 1.82) is 0 Å². The lowest BCUT2D eigenvalue weighted by Gasteiger charge is -2.29. The Kier molecular flexibility index (Phi) is 4.97. The molecule has 0 aromatic heterocycles. The Bertz CT molecular complexity index is 772. The van der Waals surface area contributed by atoms with Crippen LogP contribution in [0.2, 0.25) is 0 Å². The molecule has 3 heterocycles. The molecular weight excluding hydrogens is 344 g/mol. The van der Waals surface area contributed by atoms with Crippen LogP contribution in [0.4, 0.5) is 0 Å². The minimum absolute atomic E-state index is 0.119. The number of nitrogens with one attached hydrogen (secondary N) is 3. The van der Waals surface area contributed by atoms with Crippen LogP contribution in [0.15, 0.2) is 18.2 Å². The molecular formula is C20H26N4O3. The zero-order valence-corrected chi connectivity index (χ0v) is 15.6. The molecule has 3 aliphatic rings. The summed E-state index contributed by atoms with van der Waals surface area (Å²) in [5.41, 5.74) is 2.68. The van der Waals surface area contributed by atoms with Crippen LogP contribution >= 0.6 is 0 Å². The molecule has 0 radical (unpaired) electrons. The van der Waals surface area contributed by atoms with Gasteiger partial charge in [0.15, 0.2) is 0 Å². The third-order valence-electron chi connectivity index (χ3n) is 5.92. The number of hydrogen-bond donors (Lipinski definition) is 3. The highest BCUT2D eigenvalue weighted by atomic mass is 16.2. The quantitative estimate of drug-likeness (QED) is 0.663. The number of amides is 3. The van der Waals surface area contributed by atoms with E-state index in [1.54, 1.807) is 4.90 Å². The highest BCUT2D eigenvalue weighted by Crippen LogP contribution is 2.28. The fraction of sp³-hybridized carbons (Fsp3) is 0.550. The molecule has 3 aliphatic heterocycles. The van der Waals surface area contributed by atoms with Crippen molar-refractivity contribution in [1.82, 2.24) is 20.9 Å². The van der Waals surface area contributed by atoms with Gasteiger partial charge in [-0.05, 0) is 49.9 Å². The first-order chi connectivity index (χ1) is 13.0. The minimum Gasteiger partial charge on any atom is -0.322 e. The lowest BCUT2D eigenvalue weighted by molar-refractivity contribution is -0.136. The van der Waals surface area contributed by atoms with Crippen LogP contribution in [-0.2, 0) is 22.7 Å². The number of carbonyl (C=O) groups excluding carboxylic acids is 3. The molecule has 4 rings (SSSR count). The summed E-state index contributed by atoms with van der Waals surface area (Å²) < 4.78 is 0. The SMILES string of the molecule is CC(NCc1ccc2c(c1)C(=O)N(C1CCC(=O)NC1=O)C2)[C@@H]1CCCN1. The van der Waals surface area contributed by atoms with E-state index < -0.39 is 6.04 Å². The molecule has 1 aromatic rings. The van der Waals surface area contributed by atoms with E-state index in [-0.39, 0.29) is 24.1 Å². The van der Waals surface area contributed by atoms with Gasteiger partial charge in [-0.15, -0.1) is 0 Å². The van der Waals surface area contributed by atoms with Gasteiger partial charge in [-0.2, -0.15) is 0 Å². The number of rotatable bonds is 5. The van der Waals surface area contributed by atoms with Crippen LogP contribution in [0.5, 0.6) is 0 Å². The summed E-state index contributed by atoms with van der Waals surface area (Å²) in [6, 6.07) is 6.28. The van der Waals surface area contributed by atoms with Gasteiger partial charge in [-0.25, -0.2) is 0 Å². The summed E-state index contributed by atoms with van der Waals surface area (Å²) in [5, 5.41) is 9.39. The van der Waals surface area contributed by atoms with Crippen molar-refractivity contribution in [2.24, 2.45) is 0 Å². The second kappa shape index (κ2) is 7.40. The Balaban J connectivity index is 1.42. The van der Waals surface area contributed by atoms with E-state index in [0.717, 1.165) is 17.7 Å². The van der Waals surface area contributed by atoms with Gasteiger partial charge in [-0.1, -0.05) is 12.1 Å². The molecule has 144 valence electrons. The molecule has 0 bridgehead atoms. The summed E-state index contributed by atoms with van der Waals surface area (Å²) in [7, 11) is 0. The molecule has 1 aromatic carbocycles.